The zero-order chi connectivity index (χ0) is 22.3. The van der Waals surface area contributed by atoms with Gasteiger partial charge in [0, 0.05) is 32.0 Å². The minimum Gasteiger partial charge on any atom is -0.493 e. The molecule has 0 aliphatic carbocycles. The Morgan fingerprint density at radius 1 is 1.06 bits per heavy atom. The van der Waals surface area contributed by atoms with Gasteiger partial charge in [0.2, 0.25) is 15.9 Å². The molecule has 31 heavy (non-hydrogen) atoms. The molecule has 3 rings (SSSR count). The quantitative estimate of drug-likeness (QED) is 0.424. The summed E-state index contributed by atoms with van der Waals surface area (Å²) < 4.78 is 38.7. The Hall–Kier alpha value is -2.69. The highest BCUT2D eigenvalue weighted by Gasteiger charge is 2.17. The van der Waals surface area contributed by atoms with E-state index in [9.17, 15) is 13.2 Å². The maximum atomic E-state index is 12.4. The van der Waals surface area contributed by atoms with Crippen molar-refractivity contribution >= 4 is 37.5 Å². The van der Waals surface area contributed by atoms with Crippen LogP contribution in [0.2, 0.25) is 0 Å². The van der Waals surface area contributed by atoms with Gasteiger partial charge in [0.05, 0.1) is 34.3 Å². The summed E-state index contributed by atoms with van der Waals surface area (Å²) in [6.45, 7) is 0.511. The molecular formula is C21H25N3O5S2. The van der Waals surface area contributed by atoms with Crippen molar-refractivity contribution in [2.75, 3.05) is 27.3 Å². The van der Waals surface area contributed by atoms with E-state index in [0.717, 1.165) is 28.1 Å². The van der Waals surface area contributed by atoms with Gasteiger partial charge in [0.25, 0.3) is 0 Å². The van der Waals surface area contributed by atoms with E-state index in [-0.39, 0.29) is 23.8 Å². The SMILES string of the molecule is COc1ccc(S(=O)(=O)NCCC(=O)NCCCc2nc3ccccc3s2)cc1OC. The van der Waals surface area contributed by atoms with E-state index in [1.807, 2.05) is 24.3 Å². The zero-order valence-corrected chi connectivity index (χ0v) is 19.0. The molecule has 0 atom stereocenters. The first-order chi connectivity index (χ1) is 14.9. The molecule has 8 nitrogen and oxygen atoms in total. The highest BCUT2D eigenvalue weighted by atomic mass is 32.2. The lowest BCUT2D eigenvalue weighted by atomic mass is 10.3. The molecule has 0 bridgehead atoms. The van der Waals surface area contributed by atoms with E-state index in [1.165, 1.54) is 32.4 Å². The number of benzene rings is 2. The van der Waals surface area contributed by atoms with Crippen molar-refractivity contribution in [1.29, 1.82) is 0 Å². The van der Waals surface area contributed by atoms with E-state index in [4.69, 9.17) is 9.47 Å². The van der Waals surface area contributed by atoms with Crippen LogP contribution in [0, 0.1) is 0 Å². The van der Waals surface area contributed by atoms with Crippen LogP contribution in [0.15, 0.2) is 47.4 Å². The van der Waals surface area contributed by atoms with Gasteiger partial charge in [-0.1, -0.05) is 12.1 Å². The van der Waals surface area contributed by atoms with Crippen LogP contribution in [-0.2, 0) is 21.2 Å². The lowest BCUT2D eigenvalue weighted by Crippen LogP contribution is -2.31. The first kappa shape index (κ1) is 23.0. The number of thiazole rings is 1. The molecule has 2 aromatic carbocycles. The molecule has 0 aliphatic heterocycles. The number of ether oxygens (including phenoxy) is 2. The number of carbonyl (C=O) groups excluding carboxylic acids is 1. The van der Waals surface area contributed by atoms with E-state index < -0.39 is 10.0 Å². The molecule has 3 aromatic rings. The molecule has 1 aromatic heterocycles. The van der Waals surface area contributed by atoms with Gasteiger partial charge in [-0.3, -0.25) is 4.79 Å². The molecule has 166 valence electrons. The predicted molar refractivity (Wildman–Crippen MR) is 120 cm³/mol. The Balaban J connectivity index is 1.40. The van der Waals surface area contributed by atoms with Gasteiger partial charge in [-0.25, -0.2) is 18.1 Å². The lowest BCUT2D eigenvalue weighted by molar-refractivity contribution is -0.120. The van der Waals surface area contributed by atoms with Crippen LogP contribution < -0.4 is 19.5 Å². The molecule has 0 radical (unpaired) electrons. The van der Waals surface area contributed by atoms with Crippen LogP contribution in [0.4, 0.5) is 0 Å². The second-order valence-corrected chi connectivity index (χ2v) is 9.58. The molecular weight excluding hydrogens is 438 g/mol. The largest absolute Gasteiger partial charge is 0.493 e. The number of para-hydroxylation sites is 1. The normalized spacial score (nSPS) is 11.4. The summed E-state index contributed by atoms with van der Waals surface area (Å²) in [5, 5.41) is 3.85. The molecule has 1 heterocycles. The van der Waals surface area contributed by atoms with E-state index >= 15 is 0 Å². The summed E-state index contributed by atoms with van der Waals surface area (Å²) in [5.74, 6) is 0.544. The number of sulfonamides is 1. The summed E-state index contributed by atoms with van der Waals surface area (Å²) >= 11 is 1.66. The fourth-order valence-electron chi connectivity index (χ4n) is 2.95. The van der Waals surface area contributed by atoms with Crippen LogP contribution in [0.1, 0.15) is 17.8 Å². The molecule has 2 N–H and O–H groups in total. The summed E-state index contributed by atoms with van der Waals surface area (Å²) in [6.07, 6.45) is 1.60. The molecule has 10 heteroatoms. The number of nitrogens with one attached hydrogen (secondary N) is 2. The zero-order valence-electron chi connectivity index (χ0n) is 17.4. The average molecular weight is 464 g/mol. The molecule has 0 unspecified atom stereocenters. The molecule has 0 aliphatic rings. The third-order valence-electron chi connectivity index (χ3n) is 4.54. The number of hydrogen-bond acceptors (Lipinski definition) is 7. The summed E-state index contributed by atoms with van der Waals surface area (Å²) in [6, 6.07) is 12.3. The van der Waals surface area contributed by atoms with E-state index in [0.29, 0.717) is 18.0 Å². The van der Waals surface area contributed by atoms with Gasteiger partial charge >= 0.3 is 0 Å². The Kier molecular flexibility index (Phi) is 7.83. The number of aryl methyl sites for hydroxylation is 1. The van der Waals surface area contributed by atoms with Crippen LogP contribution >= 0.6 is 11.3 Å². The van der Waals surface area contributed by atoms with Gasteiger partial charge in [0.15, 0.2) is 11.5 Å². The van der Waals surface area contributed by atoms with Gasteiger partial charge < -0.3 is 14.8 Å². The standard InChI is InChI=1S/C21H25N3O5S2/c1-28-17-10-9-15(14-18(17)29-2)31(26,27)23-13-11-20(25)22-12-5-8-21-24-16-6-3-4-7-19(16)30-21/h3-4,6-7,9-10,14,23H,5,8,11-13H2,1-2H3,(H,22,25). The van der Waals surface area contributed by atoms with Crippen molar-refractivity contribution in [3.05, 3.63) is 47.5 Å². The Morgan fingerprint density at radius 2 is 1.84 bits per heavy atom. The summed E-state index contributed by atoms with van der Waals surface area (Å²) in [7, 11) is -0.852. The van der Waals surface area contributed by atoms with E-state index in [1.54, 1.807) is 11.3 Å². The number of methoxy groups -OCH3 is 2. The van der Waals surface area contributed by atoms with Gasteiger partial charge in [0.1, 0.15) is 0 Å². The van der Waals surface area contributed by atoms with Crippen molar-refractivity contribution in [1.82, 2.24) is 15.0 Å². The summed E-state index contributed by atoms with van der Waals surface area (Å²) in [5.41, 5.74) is 0.994. The molecule has 0 saturated heterocycles. The van der Waals surface area contributed by atoms with Crippen LogP contribution in [0.25, 0.3) is 10.2 Å². The van der Waals surface area contributed by atoms with Crippen molar-refractivity contribution in [3.63, 3.8) is 0 Å². The number of carbonyl (C=O) groups is 1. The van der Waals surface area contributed by atoms with Crippen molar-refractivity contribution < 1.29 is 22.7 Å². The summed E-state index contributed by atoms with van der Waals surface area (Å²) in [4.78, 5) is 16.6. The first-order valence-electron chi connectivity index (χ1n) is 9.76. The molecule has 0 spiro atoms. The molecule has 0 saturated carbocycles. The van der Waals surface area contributed by atoms with Crippen LogP contribution in [0.3, 0.4) is 0 Å². The maximum Gasteiger partial charge on any atom is 0.240 e. The van der Waals surface area contributed by atoms with Crippen molar-refractivity contribution in [2.45, 2.75) is 24.2 Å². The third-order valence-corrected chi connectivity index (χ3v) is 7.09. The van der Waals surface area contributed by atoms with Crippen molar-refractivity contribution in [3.8, 4) is 11.5 Å². The minimum atomic E-state index is -3.76. The van der Waals surface area contributed by atoms with Gasteiger partial charge in [-0.15, -0.1) is 11.3 Å². The minimum absolute atomic E-state index is 0.000378. The molecule has 0 fully saturated rings. The second-order valence-electron chi connectivity index (χ2n) is 6.69. The predicted octanol–water partition coefficient (Wildman–Crippen LogP) is 2.73. The molecule has 1 amide bonds. The topological polar surface area (TPSA) is 107 Å². The smallest absolute Gasteiger partial charge is 0.240 e. The monoisotopic (exact) mass is 463 g/mol. The maximum absolute atomic E-state index is 12.4. The van der Waals surface area contributed by atoms with Crippen molar-refractivity contribution in [2.24, 2.45) is 0 Å². The lowest BCUT2D eigenvalue weighted by Gasteiger charge is -2.11. The fraction of sp³-hybridized carbons (Fsp3) is 0.333. The van der Waals surface area contributed by atoms with Crippen LogP contribution in [-0.4, -0.2) is 46.6 Å². The number of nitrogens with zero attached hydrogens (tertiary/aromatic N) is 1. The fourth-order valence-corrected chi connectivity index (χ4v) is 5.00. The van der Waals surface area contributed by atoms with Gasteiger partial charge in [-0.2, -0.15) is 0 Å². The van der Waals surface area contributed by atoms with Crippen LogP contribution in [0.5, 0.6) is 11.5 Å². The highest BCUT2D eigenvalue weighted by Crippen LogP contribution is 2.29. The highest BCUT2D eigenvalue weighted by molar-refractivity contribution is 7.89. The number of amides is 1. The number of aromatic nitrogens is 1. The Labute approximate surface area is 185 Å². The third kappa shape index (κ3) is 6.16. The second kappa shape index (κ2) is 10.6. The van der Waals surface area contributed by atoms with E-state index in [2.05, 4.69) is 15.0 Å². The number of hydrogen-bond donors (Lipinski definition) is 2. The average Bonchev–Trinajstić information content (AvgIpc) is 3.19. The Morgan fingerprint density at radius 3 is 2.58 bits per heavy atom. The van der Waals surface area contributed by atoms with Gasteiger partial charge in [-0.05, 0) is 30.7 Å². The first-order valence-corrected chi connectivity index (χ1v) is 12.1. The number of fused-ring (bicyclic) bond motifs is 1. The number of rotatable bonds is 11. The Bertz CT molecular complexity index is 1110.